The van der Waals surface area contributed by atoms with Crippen LogP contribution in [0.3, 0.4) is 0 Å². The fourth-order valence-electron chi connectivity index (χ4n) is 2.29. The molecule has 0 spiro atoms. The summed E-state index contributed by atoms with van der Waals surface area (Å²) in [6.45, 7) is 0. The second kappa shape index (κ2) is 4.43. The van der Waals surface area contributed by atoms with E-state index in [4.69, 9.17) is 0 Å². The Balaban J connectivity index is 2.04. The Morgan fingerprint density at radius 2 is 1.79 bits per heavy atom. The first-order valence-electron chi connectivity index (χ1n) is 5.94. The Labute approximate surface area is 109 Å². The van der Waals surface area contributed by atoms with Gasteiger partial charge in [0.15, 0.2) is 17.4 Å². The number of fused-ring (bicyclic) bond motifs is 1. The van der Waals surface area contributed by atoms with E-state index in [1.165, 1.54) is 18.2 Å². The highest BCUT2D eigenvalue weighted by Gasteiger charge is 2.24. The summed E-state index contributed by atoms with van der Waals surface area (Å²) in [5.74, 6) is -1.93. The largest absolute Gasteiger partial charge is 0.289 e. The van der Waals surface area contributed by atoms with E-state index in [0.717, 1.165) is 11.6 Å². The molecule has 2 aromatic rings. The maximum atomic E-state index is 13.6. The van der Waals surface area contributed by atoms with Crippen LogP contribution in [-0.2, 0) is 6.42 Å². The highest BCUT2D eigenvalue weighted by atomic mass is 19.2. The molecule has 1 aliphatic rings. The van der Waals surface area contributed by atoms with Crippen molar-refractivity contribution in [3.63, 3.8) is 0 Å². The molecule has 19 heavy (non-hydrogen) atoms. The van der Waals surface area contributed by atoms with Gasteiger partial charge in [0.05, 0.1) is 0 Å². The lowest BCUT2D eigenvalue weighted by Crippen LogP contribution is -1.96. The number of halogens is 2. The first-order valence-corrected chi connectivity index (χ1v) is 5.94. The van der Waals surface area contributed by atoms with Gasteiger partial charge >= 0.3 is 0 Å². The Bertz CT molecular complexity index is 702. The van der Waals surface area contributed by atoms with E-state index in [0.29, 0.717) is 17.6 Å². The van der Waals surface area contributed by atoms with E-state index in [2.05, 4.69) is 0 Å². The van der Waals surface area contributed by atoms with Crippen molar-refractivity contribution >= 4 is 11.9 Å². The highest BCUT2D eigenvalue weighted by Crippen LogP contribution is 2.28. The summed E-state index contributed by atoms with van der Waals surface area (Å²) in [6.07, 6.45) is 1.89. The molecule has 3 rings (SSSR count). The fourth-order valence-corrected chi connectivity index (χ4v) is 2.29. The number of ketones is 1. The lowest BCUT2D eigenvalue weighted by atomic mass is 10.1. The van der Waals surface area contributed by atoms with Crippen LogP contribution in [0.1, 0.15) is 21.5 Å². The number of carbonyl (C=O) groups is 1. The Hall–Kier alpha value is -2.29. The molecule has 2 aromatic carbocycles. The molecule has 0 fully saturated rings. The van der Waals surface area contributed by atoms with Crippen LogP contribution in [0.4, 0.5) is 8.78 Å². The van der Waals surface area contributed by atoms with Gasteiger partial charge in [0.1, 0.15) is 0 Å². The number of rotatable bonds is 1. The van der Waals surface area contributed by atoms with Crippen molar-refractivity contribution in [3.8, 4) is 0 Å². The van der Waals surface area contributed by atoms with Gasteiger partial charge in [-0.1, -0.05) is 36.4 Å². The number of allylic oxidation sites excluding steroid dienone is 1. The quantitative estimate of drug-likeness (QED) is 0.709. The number of Topliss-reactive ketones (excluding diaryl/α,β-unsaturated/α-hetero) is 1. The van der Waals surface area contributed by atoms with E-state index in [9.17, 15) is 13.6 Å². The van der Waals surface area contributed by atoms with Gasteiger partial charge in [-0.3, -0.25) is 4.79 Å². The van der Waals surface area contributed by atoms with Gasteiger partial charge in [-0.2, -0.15) is 0 Å². The monoisotopic (exact) mass is 256 g/mol. The zero-order chi connectivity index (χ0) is 13.4. The van der Waals surface area contributed by atoms with Gasteiger partial charge < -0.3 is 0 Å². The Morgan fingerprint density at radius 3 is 2.58 bits per heavy atom. The highest BCUT2D eigenvalue weighted by molar-refractivity contribution is 6.15. The molecule has 0 unspecified atom stereocenters. The molecule has 94 valence electrons. The van der Waals surface area contributed by atoms with Crippen molar-refractivity contribution in [2.75, 3.05) is 0 Å². The topological polar surface area (TPSA) is 17.1 Å². The molecule has 0 aromatic heterocycles. The Kier molecular flexibility index (Phi) is 2.75. The summed E-state index contributed by atoms with van der Waals surface area (Å²) in [4.78, 5) is 12.1. The van der Waals surface area contributed by atoms with Gasteiger partial charge in [0.2, 0.25) is 0 Å². The van der Waals surface area contributed by atoms with Gasteiger partial charge in [-0.05, 0) is 17.7 Å². The molecule has 0 bridgehead atoms. The second-order valence-electron chi connectivity index (χ2n) is 4.48. The predicted octanol–water partition coefficient (Wildman–Crippen LogP) is 3.79. The van der Waals surface area contributed by atoms with Crippen LogP contribution in [-0.4, -0.2) is 5.78 Å². The van der Waals surface area contributed by atoms with Gasteiger partial charge in [0, 0.05) is 23.1 Å². The molecule has 0 saturated heterocycles. The number of hydrogen-bond acceptors (Lipinski definition) is 1. The molecular weight excluding hydrogens is 246 g/mol. The smallest absolute Gasteiger partial charge is 0.189 e. The summed E-state index contributed by atoms with van der Waals surface area (Å²) in [5.41, 5.74) is 2.17. The molecule has 3 heteroatoms. The summed E-state index contributed by atoms with van der Waals surface area (Å²) < 4.78 is 26.7. The minimum atomic E-state index is -0.918. The van der Waals surface area contributed by atoms with E-state index in [-0.39, 0.29) is 11.3 Å². The van der Waals surface area contributed by atoms with Gasteiger partial charge in [0.25, 0.3) is 0 Å². The third kappa shape index (κ3) is 1.97. The summed E-state index contributed by atoms with van der Waals surface area (Å²) in [7, 11) is 0. The zero-order valence-corrected chi connectivity index (χ0v) is 9.99. The fraction of sp³-hybridized carbons (Fsp3) is 0.0625. The third-order valence-electron chi connectivity index (χ3n) is 3.25. The lowest BCUT2D eigenvalue weighted by Gasteiger charge is -1.99. The molecule has 0 saturated carbocycles. The molecule has 0 aliphatic heterocycles. The van der Waals surface area contributed by atoms with Crippen molar-refractivity contribution in [3.05, 3.63) is 76.4 Å². The summed E-state index contributed by atoms with van der Waals surface area (Å²) in [6, 6.07) is 11.2. The van der Waals surface area contributed by atoms with E-state index < -0.39 is 11.6 Å². The molecule has 0 heterocycles. The maximum absolute atomic E-state index is 13.6. The first-order chi connectivity index (χ1) is 9.16. The second-order valence-corrected chi connectivity index (χ2v) is 4.48. The summed E-state index contributed by atoms with van der Waals surface area (Å²) in [5, 5.41) is 0. The molecular formula is C16H10F2O. The van der Waals surface area contributed by atoms with E-state index in [1.54, 1.807) is 12.1 Å². The van der Waals surface area contributed by atoms with Crippen molar-refractivity contribution < 1.29 is 13.6 Å². The first kappa shape index (κ1) is 11.8. The van der Waals surface area contributed by atoms with E-state index in [1.807, 2.05) is 12.1 Å². The maximum Gasteiger partial charge on any atom is 0.189 e. The van der Waals surface area contributed by atoms with Crippen molar-refractivity contribution in [2.24, 2.45) is 0 Å². The number of benzene rings is 2. The van der Waals surface area contributed by atoms with Crippen LogP contribution in [0.25, 0.3) is 6.08 Å². The van der Waals surface area contributed by atoms with E-state index >= 15 is 0 Å². The number of hydrogen-bond donors (Lipinski definition) is 0. The normalized spacial score (nSPS) is 15.9. The predicted molar refractivity (Wildman–Crippen MR) is 68.8 cm³/mol. The van der Waals surface area contributed by atoms with Gasteiger partial charge in [-0.15, -0.1) is 0 Å². The van der Waals surface area contributed by atoms with Gasteiger partial charge in [-0.25, -0.2) is 8.78 Å². The van der Waals surface area contributed by atoms with Crippen LogP contribution < -0.4 is 0 Å². The molecule has 0 amide bonds. The third-order valence-corrected chi connectivity index (χ3v) is 3.25. The molecule has 1 nitrogen and oxygen atoms in total. The molecule has 0 radical (unpaired) electrons. The van der Waals surface area contributed by atoms with Crippen LogP contribution in [0, 0.1) is 11.6 Å². The number of carbonyl (C=O) groups excluding carboxylic acids is 1. The van der Waals surface area contributed by atoms with Crippen molar-refractivity contribution in [1.29, 1.82) is 0 Å². The summed E-state index contributed by atoms with van der Waals surface area (Å²) >= 11 is 0. The molecule has 1 aliphatic carbocycles. The minimum Gasteiger partial charge on any atom is -0.289 e. The SMILES string of the molecule is O=C1/C(=C/c2cccc(F)c2F)Cc2ccccc21. The molecule has 0 atom stereocenters. The average Bonchev–Trinajstić information content (AvgIpc) is 2.73. The van der Waals surface area contributed by atoms with Crippen LogP contribution in [0.5, 0.6) is 0 Å². The lowest BCUT2D eigenvalue weighted by molar-refractivity contribution is 0.104. The van der Waals surface area contributed by atoms with Crippen LogP contribution in [0.15, 0.2) is 48.0 Å². The standard InChI is InChI=1S/C16H10F2O/c17-14-7-3-5-11(15(14)18)9-12-8-10-4-1-2-6-13(10)16(12)19/h1-7,9H,8H2/b12-9+. The average molecular weight is 256 g/mol. The Morgan fingerprint density at radius 1 is 1.00 bits per heavy atom. The molecule has 0 N–H and O–H groups in total. The van der Waals surface area contributed by atoms with Crippen LogP contribution in [0.2, 0.25) is 0 Å². The zero-order valence-electron chi connectivity index (χ0n) is 9.99. The minimum absolute atomic E-state index is 0.108. The van der Waals surface area contributed by atoms with Crippen LogP contribution >= 0.6 is 0 Å². The van der Waals surface area contributed by atoms with Crippen molar-refractivity contribution in [2.45, 2.75) is 6.42 Å². The van der Waals surface area contributed by atoms with Crippen molar-refractivity contribution in [1.82, 2.24) is 0 Å².